The average Bonchev–Trinajstić information content (AvgIpc) is 2.88. The van der Waals surface area contributed by atoms with Crippen LogP contribution in [0, 0.1) is 0 Å². The van der Waals surface area contributed by atoms with E-state index in [1.165, 1.54) is 16.1 Å². The van der Waals surface area contributed by atoms with Crippen molar-refractivity contribution < 1.29 is 0 Å². The molecule has 1 nitrogen and oxygen atoms in total. The Morgan fingerprint density at radius 1 is 1.28 bits per heavy atom. The molecule has 4 heteroatoms. The third-order valence-electron chi connectivity index (χ3n) is 2.84. The normalized spacial score (nSPS) is 10.6. The summed E-state index contributed by atoms with van der Waals surface area (Å²) in [5, 5.41) is 3.02. The van der Waals surface area contributed by atoms with E-state index in [2.05, 4.69) is 79.4 Å². The molecule has 1 heterocycles. The summed E-state index contributed by atoms with van der Waals surface area (Å²) in [4.78, 5) is 3.81. The molecule has 1 aromatic carbocycles. The van der Waals surface area contributed by atoms with Crippen LogP contribution >= 0.6 is 43.2 Å². The highest BCUT2D eigenvalue weighted by atomic mass is 79.9. The fraction of sp³-hybridized carbons (Fsp3) is 0.286. The van der Waals surface area contributed by atoms with Gasteiger partial charge in [-0.05, 0) is 36.1 Å². The molecule has 0 unspecified atom stereocenters. The third-order valence-corrected chi connectivity index (χ3v) is 4.80. The van der Waals surface area contributed by atoms with Gasteiger partial charge in [0.25, 0.3) is 0 Å². The zero-order valence-electron chi connectivity index (χ0n) is 10.2. The van der Waals surface area contributed by atoms with E-state index in [0.29, 0.717) is 0 Å². The molecule has 2 aromatic rings. The average molecular weight is 389 g/mol. The molecule has 0 saturated heterocycles. The first kappa shape index (κ1) is 14.1. The van der Waals surface area contributed by atoms with Gasteiger partial charge in [-0.3, -0.25) is 0 Å². The van der Waals surface area contributed by atoms with Crippen LogP contribution < -0.4 is 4.90 Å². The second-order valence-corrected chi connectivity index (χ2v) is 6.51. The summed E-state index contributed by atoms with van der Waals surface area (Å²) in [6.07, 6.45) is 0. The lowest BCUT2D eigenvalue weighted by Crippen LogP contribution is -2.22. The number of halogens is 2. The molecule has 0 radical (unpaired) electrons. The van der Waals surface area contributed by atoms with Crippen LogP contribution in [0.15, 0.2) is 40.2 Å². The van der Waals surface area contributed by atoms with Gasteiger partial charge < -0.3 is 4.90 Å². The molecule has 2 rings (SSSR count). The summed E-state index contributed by atoms with van der Waals surface area (Å²) in [7, 11) is 0. The number of hydrogen-bond acceptors (Lipinski definition) is 2. The van der Waals surface area contributed by atoms with Crippen molar-refractivity contribution in [2.24, 2.45) is 0 Å². The van der Waals surface area contributed by atoms with Gasteiger partial charge in [0.05, 0.1) is 6.54 Å². The minimum absolute atomic E-state index is 0.885. The SMILES string of the molecule is CCN(Cc1cccs1)c1cc(Br)ccc1CBr. The van der Waals surface area contributed by atoms with Gasteiger partial charge in [-0.1, -0.05) is 44.0 Å². The summed E-state index contributed by atoms with van der Waals surface area (Å²) in [6.45, 7) is 4.19. The van der Waals surface area contributed by atoms with E-state index in [-0.39, 0.29) is 0 Å². The quantitative estimate of drug-likeness (QED) is 0.617. The van der Waals surface area contributed by atoms with Crippen molar-refractivity contribution in [2.75, 3.05) is 11.4 Å². The highest BCUT2D eigenvalue weighted by molar-refractivity contribution is 9.10. The smallest absolute Gasteiger partial charge is 0.0522 e. The predicted molar refractivity (Wildman–Crippen MR) is 87.8 cm³/mol. The van der Waals surface area contributed by atoms with E-state index in [1.807, 2.05) is 11.3 Å². The number of benzene rings is 1. The summed E-state index contributed by atoms with van der Waals surface area (Å²) < 4.78 is 1.13. The molecule has 96 valence electrons. The molecule has 0 amide bonds. The Morgan fingerprint density at radius 3 is 2.72 bits per heavy atom. The Hall–Kier alpha value is -0.320. The van der Waals surface area contributed by atoms with Gasteiger partial charge in [0, 0.05) is 26.9 Å². The number of rotatable bonds is 5. The topological polar surface area (TPSA) is 3.24 Å². The van der Waals surface area contributed by atoms with Gasteiger partial charge in [-0.15, -0.1) is 11.3 Å². The molecular weight excluding hydrogens is 374 g/mol. The van der Waals surface area contributed by atoms with Crippen molar-refractivity contribution in [1.82, 2.24) is 0 Å². The van der Waals surface area contributed by atoms with Crippen molar-refractivity contribution in [1.29, 1.82) is 0 Å². The zero-order chi connectivity index (χ0) is 13.0. The molecule has 0 N–H and O–H groups in total. The van der Waals surface area contributed by atoms with E-state index in [0.717, 1.165) is 22.9 Å². The Balaban J connectivity index is 2.28. The number of thiophene rings is 1. The number of hydrogen-bond donors (Lipinski definition) is 0. The van der Waals surface area contributed by atoms with Crippen LogP contribution in [0.3, 0.4) is 0 Å². The standard InChI is InChI=1S/C14H15Br2NS/c1-2-17(10-13-4-3-7-18-13)14-8-12(16)6-5-11(14)9-15/h3-8H,2,9-10H2,1H3. The summed E-state index contributed by atoms with van der Waals surface area (Å²) in [5.41, 5.74) is 2.63. The largest absolute Gasteiger partial charge is 0.366 e. The molecule has 0 saturated carbocycles. The molecule has 0 aliphatic rings. The Bertz CT molecular complexity index is 497. The minimum atomic E-state index is 0.885. The van der Waals surface area contributed by atoms with Crippen LogP contribution in [0.2, 0.25) is 0 Å². The highest BCUT2D eigenvalue weighted by Crippen LogP contribution is 2.28. The van der Waals surface area contributed by atoms with Crippen LogP contribution in [-0.4, -0.2) is 6.54 Å². The maximum absolute atomic E-state index is 3.57. The van der Waals surface area contributed by atoms with Crippen molar-refractivity contribution in [3.8, 4) is 0 Å². The summed E-state index contributed by atoms with van der Waals surface area (Å²) >= 11 is 8.94. The van der Waals surface area contributed by atoms with Crippen molar-refractivity contribution in [2.45, 2.75) is 18.8 Å². The molecular formula is C14H15Br2NS. The minimum Gasteiger partial charge on any atom is -0.366 e. The number of alkyl halides is 1. The molecule has 1 aromatic heterocycles. The van der Waals surface area contributed by atoms with E-state index in [9.17, 15) is 0 Å². The Kier molecular flexibility index (Phi) is 5.27. The van der Waals surface area contributed by atoms with Crippen LogP contribution in [0.25, 0.3) is 0 Å². The van der Waals surface area contributed by atoms with Gasteiger partial charge >= 0.3 is 0 Å². The highest BCUT2D eigenvalue weighted by Gasteiger charge is 2.11. The zero-order valence-corrected chi connectivity index (χ0v) is 14.2. The maximum Gasteiger partial charge on any atom is 0.0522 e. The summed E-state index contributed by atoms with van der Waals surface area (Å²) in [6, 6.07) is 10.8. The van der Waals surface area contributed by atoms with E-state index in [1.54, 1.807) is 0 Å². The fourth-order valence-corrected chi connectivity index (χ4v) is 3.44. The second-order valence-electron chi connectivity index (χ2n) is 4.00. The molecule has 0 atom stereocenters. The lowest BCUT2D eigenvalue weighted by Gasteiger charge is -2.25. The Morgan fingerprint density at radius 2 is 2.11 bits per heavy atom. The second kappa shape index (κ2) is 6.73. The van der Waals surface area contributed by atoms with Gasteiger partial charge in [0.1, 0.15) is 0 Å². The summed E-state index contributed by atoms with van der Waals surface area (Å²) in [5.74, 6) is 0. The first-order chi connectivity index (χ1) is 8.74. The Labute approximate surface area is 129 Å². The molecule has 0 fully saturated rings. The van der Waals surface area contributed by atoms with Crippen LogP contribution in [0.5, 0.6) is 0 Å². The molecule has 0 aliphatic heterocycles. The lowest BCUT2D eigenvalue weighted by molar-refractivity contribution is 0.837. The van der Waals surface area contributed by atoms with Crippen molar-refractivity contribution >= 4 is 48.9 Å². The third kappa shape index (κ3) is 3.37. The van der Waals surface area contributed by atoms with E-state index < -0.39 is 0 Å². The number of anilines is 1. The predicted octanol–water partition coefficient (Wildman–Crippen LogP) is 5.43. The van der Waals surface area contributed by atoms with Gasteiger partial charge in [0.15, 0.2) is 0 Å². The molecule has 18 heavy (non-hydrogen) atoms. The van der Waals surface area contributed by atoms with Crippen molar-refractivity contribution in [3.63, 3.8) is 0 Å². The van der Waals surface area contributed by atoms with Gasteiger partial charge in [-0.2, -0.15) is 0 Å². The van der Waals surface area contributed by atoms with E-state index in [4.69, 9.17) is 0 Å². The van der Waals surface area contributed by atoms with Gasteiger partial charge in [-0.25, -0.2) is 0 Å². The van der Waals surface area contributed by atoms with E-state index >= 15 is 0 Å². The maximum atomic E-state index is 3.57. The first-order valence-corrected chi connectivity index (χ1v) is 8.65. The van der Waals surface area contributed by atoms with Gasteiger partial charge in [0.2, 0.25) is 0 Å². The monoisotopic (exact) mass is 387 g/mol. The van der Waals surface area contributed by atoms with Crippen LogP contribution in [-0.2, 0) is 11.9 Å². The van der Waals surface area contributed by atoms with Crippen molar-refractivity contribution in [3.05, 3.63) is 50.6 Å². The molecule has 0 bridgehead atoms. The lowest BCUT2D eigenvalue weighted by atomic mass is 10.2. The molecule has 0 spiro atoms. The molecule has 0 aliphatic carbocycles. The number of nitrogens with zero attached hydrogens (tertiary/aromatic N) is 1. The van der Waals surface area contributed by atoms with Crippen LogP contribution in [0.1, 0.15) is 17.4 Å². The van der Waals surface area contributed by atoms with Crippen LogP contribution in [0.4, 0.5) is 5.69 Å². The first-order valence-electron chi connectivity index (χ1n) is 5.86. The fourth-order valence-electron chi connectivity index (χ4n) is 1.90.